The van der Waals surface area contributed by atoms with Gasteiger partial charge in [0, 0.05) is 6.42 Å². The Bertz CT molecular complexity index is 701. The summed E-state index contributed by atoms with van der Waals surface area (Å²) in [4.78, 5) is 1.50. The van der Waals surface area contributed by atoms with Gasteiger partial charge in [0.05, 0.1) is 20.6 Å². The normalized spacial score (nSPS) is 14.9. The lowest BCUT2D eigenvalue weighted by atomic mass is 9.92. The third kappa shape index (κ3) is 4.04. The Hall–Kier alpha value is -1.57. The summed E-state index contributed by atoms with van der Waals surface area (Å²) in [5.74, 6) is 0. The molecule has 0 unspecified atom stereocenters. The molecule has 0 aliphatic heterocycles. The molecule has 0 spiro atoms. The third-order valence-corrected chi connectivity index (χ3v) is 4.52. The second-order valence-corrected chi connectivity index (χ2v) is 6.68. The maximum Gasteiger partial charge on any atom is 0.0802 e. The van der Waals surface area contributed by atoms with Crippen LogP contribution in [-0.4, -0.2) is 20.6 Å². The van der Waals surface area contributed by atoms with E-state index in [4.69, 9.17) is 0 Å². The van der Waals surface area contributed by atoms with Gasteiger partial charge in [-0.2, -0.15) is 0 Å². The third-order valence-electron chi connectivity index (χ3n) is 4.52. The van der Waals surface area contributed by atoms with Gasteiger partial charge < -0.3 is 17.3 Å². The lowest BCUT2D eigenvalue weighted by Gasteiger charge is -2.13. The predicted octanol–water partition coefficient (Wildman–Crippen LogP) is 0.0639. The Morgan fingerprint density at radius 3 is 2.39 bits per heavy atom. The van der Waals surface area contributed by atoms with Crippen LogP contribution in [0.2, 0.25) is 0 Å². The molecule has 2 heteroatoms. The summed E-state index contributed by atoms with van der Waals surface area (Å²) in [6.07, 6.45) is 5.86. The molecule has 0 atom stereocenters. The van der Waals surface area contributed by atoms with E-state index in [-0.39, 0.29) is 12.4 Å². The molecule has 0 heterocycles. The van der Waals surface area contributed by atoms with Crippen LogP contribution in [0, 0.1) is 6.92 Å². The van der Waals surface area contributed by atoms with Crippen molar-refractivity contribution in [1.82, 2.24) is 0 Å². The van der Waals surface area contributed by atoms with E-state index < -0.39 is 0 Å². The van der Waals surface area contributed by atoms with Crippen molar-refractivity contribution in [2.75, 3.05) is 20.6 Å². The van der Waals surface area contributed by atoms with Crippen LogP contribution in [-0.2, 0) is 12.8 Å². The minimum absolute atomic E-state index is 0. The van der Waals surface area contributed by atoms with Crippen LogP contribution >= 0.6 is 0 Å². The molecule has 1 aliphatic carbocycles. The minimum Gasteiger partial charge on any atom is -1.00 e. The molecule has 1 aliphatic rings. The molecule has 0 saturated carbocycles. The molecular weight excluding hydrogens is 302 g/mol. The number of halogens is 1. The lowest BCUT2D eigenvalue weighted by Crippen LogP contribution is -3.05. The van der Waals surface area contributed by atoms with Gasteiger partial charge in [0.1, 0.15) is 0 Å². The van der Waals surface area contributed by atoms with E-state index in [1.54, 1.807) is 0 Å². The summed E-state index contributed by atoms with van der Waals surface area (Å²) in [6, 6.07) is 15.9. The summed E-state index contributed by atoms with van der Waals surface area (Å²) in [7, 11) is 4.44. The molecule has 0 aromatic heterocycles. The van der Waals surface area contributed by atoms with Crippen LogP contribution in [0.5, 0.6) is 0 Å². The number of hydrogen-bond acceptors (Lipinski definition) is 0. The molecule has 23 heavy (non-hydrogen) atoms. The average molecular weight is 328 g/mol. The van der Waals surface area contributed by atoms with E-state index in [2.05, 4.69) is 69.6 Å². The molecule has 0 fully saturated rings. The van der Waals surface area contributed by atoms with E-state index in [1.807, 2.05) is 0 Å². The second-order valence-electron chi connectivity index (χ2n) is 6.68. The molecule has 1 N–H and O–H groups in total. The highest BCUT2D eigenvalue weighted by molar-refractivity contribution is 5.84. The van der Waals surface area contributed by atoms with Crippen LogP contribution in [0.4, 0.5) is 0 Å². The van der Waals surface area contributed by atoms with Gasteiger partial charge >= 0.3 is 0 Å². The van der Waals surface area contributed by atoms with Crippen molar-refractivity contribution in [3.8, 4) is 0 Å². The number of fused-ring (bicyclic) bond motifs is 2. The SMILES string of the molecule is Cc1ccc2c(c1)/C(=C\CC[NH+](C)C)c1ccccc1CC2.[Cl-]. The quantitative estimate of drug-likeness (QED) is 0.813. The lowest BCUT2D eigenvalue weighted by molar-refractivity contribution is -0.857. The Kier molecular flexibility index (Phi) is 6.04. The topological polar surface area (TPSA) is 4.44 Å². The smallest absolute Gasteiger partial charge is 0.0802 e. The van der Waals surface area contributed by atoms with Gasteiger partial charge in [-0.3, -0.25) is 0 Å². The van der Waals surface area contributed by atoms with Gasteiger partial charge in [-0.1, -0.05) is 54.1 Å². The van der Waals surface area contributed by atoms with Crippen molar-refractivity contribution in [3.05, 3.63) is 76.4 Å². The zero-order valence-corrected chi connectivity index (χ0v) is 15.1. The van der Waals surface area contributed by atoms with Crippen molar-refractivity contribution in [2.45, 2.75) is 26.2 Å². The fraction of sp³-hybridized carbons (Fsp3) is 0.333. The van der Waals surface area contributed by atoms with Crippen LogP contribution < -0.4 is 17.3 Å². The standard InChI is InChI=1S/C21H25N.ClH/c1-16-10-11-18-13-12-17-7-4-5-8-19(17)20(21(18)15-16)9-6-14-22(2)3;/h4-5,7-11,15H,6,12-14H2,1-3H3;1H/b20-9-;. The van der Waals surface area contributed by atoms with Crippen molar-refractivity contribution in [2.24, 2.45) is 0 Å². The van der Waals surface area contributed by atoms with Gasteiger partial charge in [-0.05, 0) is 47.6 Å². The molecule has 0 radical (unpaired) electrons. The van der Waals surface area contributed by atoms with Crippen LogP contribution in [0.3, 0.4) is 0 Å². The van der Waals surface area contributed by atoms with Crippen molar-refractivity contribution >= 4 is 5.57 Å². The molecular formula is C21H26ClN. The number of quaternary nitrogens is 1. The molecule has 0 amide bonds. The number of aryl methyl sites for hydroxylation is 3. The number of rotatable bonds is 3. The molecule has 122 valence electrons. The fourth-order valence-electron chi connectivity index (χ4n) is 3.30. The summed E-state index contributed by atoms with van der Waals surface area (Å²) >= 11 is 0. The van der Waals surface area contributed by atoms with Crippen LogP contribution in [0.15, 0.2) is 48.5 Å². The molecule has 0 saturated heterocycles. The monoisotopic (exact) mass is 327 g/mol. The Morgan fingerprint density at radius 1 is 0.957 bits per heavy atom. The summed E-state index contributed by atoms with van der Waals surface area (Å²) in [5.41, 5.74) is 8.64. The van der Waals surface area contributed by atoms with Gasteiger partial charge in [-0.25, -0.2) is 0 Å². The highest BCUT2D eigenvalue weighted by Crippen LogP contribution is 2.34. The number of nitrogens with one attached hydrogen (secondary N) is 1. The Morgan fingerprint density at radius 2 is 1.65 bits per heavy atom. The number of hydrogen-bond donors (Lipinski definition) is 1. The number of benzene rings is 2. The molecule has 0 bridgehead atoms. The summed E-state index contributed by atoms with van der Waals surface area (Å²) < 4.78 is 0. The first-order valence-corrected chi connectivity index (χ1v) is 8.32. The maximum atomic E-state index is 2.45. The van der Waals surface area contributed by atoms with E-state index in [0.717, 1.165) is 19.3 Å². The van der Waals surface area contributed by atoms with Crippen molar-refractivity contribution in [1.29, 1.82) is 0 Å². The first-order chi connectivity index (χ1) is 10.6. The van der Waals surface area contributed by atoms with Gasteiger partial charge in [0.25, 0.3) is 0 Å². The Labute approximate surface area is 146 Å². The van der Waals surface area contributed by atoms with E-state index in [0.29, 0.717) is 0 Å². The minimum atomic E-state index is 0. The summed E-state index contributed by atoms with van der Waals surface area (Å²) in [6.45, 7) is 3.37. The largest absolute Gasteiger partial charge is 1.00 e. The highest BCUT2D eigenvalue weighted by atomic mass is 35.5. The van der Waals surface area contributed by atoms with Gasteiger partial charge in [-0.15, -0.1) is 0 Å². The van der Waals surface area contributed by atoms with Crippen LogP contribution in [0.1, 0.15) is 34.2 Å². The molecule has 1 nitrogen and oxygen atoms in total. The highest BCUT2D eigenvalue weighted by Gasteiger charge is 2.17. The first kappa shape index (κ1) is 17.8. The maximum absolute atomic E-state index is 2.45. The second kappa shape index (κ2) is 7.81. The molecule has 3 rings (SSSR count). The van der Waals surface area contributed by atoms with E-state index in [1.165, 1.54) is 44.8 Å². The van der Waals surface area contributed by atoms with E-state index in [9.17, 15) is 0 Å². The zero-order valence-electron chi connectivity index (χ0n) is 14.3. The Balaban J connectivity index is 0.00000192. The zero-order chi connectivity index (χ0) is 15.5. The van der Waals surface area contributed by atoms with Crippen molar-refractivity contribution < 1.29 is 17.3 Å². The average Bonchev–Trinajstić information content (AvgIpc) is 2.65. The predicted molar refractivity (Wildman–Crippen MR) is 94.4 cm³/mol. The van der Waals surface area contributed by atoms with Gasteiger partial charge in [0.2, 0.25) is 0 Å². The van der Waals surface area contributed by atoms with Crippen molar-refractivity contribution in [3.63, 3.8) is 0 Å². The summed E-state index contributed by atoms with van der Waals surface area (Å²) in [5, 5.41) is 0. The van der Waals surface area contributed by atoms with Crippen LogP contribution in [0.25, 0.3) is 5.57 Å². The van der Waals surface area contributed by atoms with E-state index >= 15 is 0 Å². The first-order valence-electron chi connectivity index (χ1n) is 8.32. The van der Waals surface area contributed by atoms with Gasteiger partial charge in [0.15, 0.2) is 0 Å². The molecule has 2 aromatic carbocycles. The fourth-order valence-corrected chi connectivity index (χ4v) is 3.30. The molecule has 2 aromatic rings.